The normalized spacial score (nSPS) is 11.7. The molecule has 5 nitrogen and oxygen atoms in total. The molecule has 0 spiro atoms. The summed E-state index contributed by atoms with van der Waals surface area (Å²) in [5.41, 5.74) is 2.38. The number of amides is 2. The maximum absolute atomic E-state index is 13.2. The van der Waals surface area contributed by atoms with E-state index in [1.54, 1.807) is 4.90 Å². The fraction of sp³-hybridized carbons (Fsp3) is 0.217. The monoisotopic (exact) mass is 375 g/mol. The van der Waals surface area contributed by atoms with Gasteiger partial charge in [0.2, 0.25) is 11.8 Å². The van der Waals surface area contributed by atoms with Crippen LogP contribution in [0.1, 0.15) is 20.8 Å². The van der Waals surface area contributed by atoms with Crippen molar-refractivity contribution in [2.75, 3.05) is 22.1 Å². The van der Waals surface area contributed by atoms with Crippen LogP contribution in [0.5, 0.6) is 0 Å². The van der Waals surface area contributed by atoms with Crippen LogP contribution in [0.4, 0.5) is 17.1 Å². The second-order valence-electron chi connectivity index (χ2n) is 6.71. The van der Waals surface area contributed by atoms with Gasteiger partial charge in [-0.1, -0.05) is 42.5 Å². The van der Waals surface area contributed by atoms with Crippen LogP contribution in [-0.4, -0.2) is 24.4 Å². The third-order valence-electron chi connectivity index (χ3n) is 4.58. The van der Waals surface area contributed by atoms with Crippen molar-refractivity contribution >= 4 is 39.6 Å². The van der Waals surface area contributed by atoms with Gasteiger partial charge in [0.15, 0.2) is 0 Å². The summed E-state index contributed by atoms with van der Waals surface area (Å²) < 4.78 is 0. The Morgan fingerprint density at radius 1 is 0.964 bits per heavy atom. The zero-order valence-corrected chi connectivity index (χ0v) is 16.4. The van der Waals surface area contributed by atoms with E-state index in [9.17, 15) is 9.59 Å². The van der Waals surface area contributed by atoms with Crippen LogP contribution in [0.15, 0.2) is 66.7 Å². The molecule has 0 saturated heterocycles. The van der Waals surface area contributed by atoms with E-state index in [4.69, 9.17) is 0 Å². The summed E-state index contributed by atoms with van der Waals surface area (Å²) in [7, 11) is 0. The summed E-state index contributed by atoms with van der Waals surface area (Å²) in [6, 6.07) is 21.0. The Kier molecular flexibility index (Phi) is 5.94. The summed E-state index contributed by atoms with van der Waals surface area (Å²) in [4.78, 5) is 26.2. The van der Waals surface area contributed by atoms with Gasteiger partial charge in [0.25, 0.3) is 0 Å². The van der Waals surface area contributed by atoms with Gasteiger partial charge in [0.05, 0.1) is 5.69 Å². The minimum atomic E-state index is -0.425. The molecule has 2 N–H and O–H groups in total. The number of nitrogens with zero attached hydrogens (tertiary/aromatic N) is 1. The summed E-state index contributed by atoms with van der Waals surface area (Å²) in [6.45, 7) is 5.87. The van der Waals surface area contributed by atoms with E-state index < -0.39 is 6.04 Å². The summed E-state index contributed by atoms with van der Waals surface area (Å²) in [6.07, 6.45) is 0. The molecule has 0 aliphatic rings. The minimum absolute atomic E-state index is 0.0104. The number of rotatable bonds is 6. The topological polar surface area (TPSA) is 61.4 Å². The van der Waals surface area contributed by atoms with Crippen molar-refractivity contribution < 1.29 is 9.59 Å². The van der Waals surface area contributed by atoms with Crippen LogP contribution in [0.3, 0.4) is 0 Å². The van der Waals surface area contributed by atoms with Crippen LogP contribution in [0.2, 0.25) is 0 Å². The number of hydrogen-bond donors (Lipinski definition) is 2. The molecule has 1 atom stereocenters. The molecule has 2 amide bonds. The summed E-state index contributed by atoms with van der Waals surface area (Å²) >= 11 is 0. The predicted molar refractivity (Wildman–Crippen MR) is 116 cm³/mol. The molecule has 0 fully saturated rings. The lowest BCUT2D eigenvalue weighted by molar-refractivity contribution is -0.119. The van der Waals surface area contributed by atoms with Crippen molar-refractivity contribution in [3.05, 3.63) is 66.7 Å². The van der Waals surface area contributed by atoms with Gasteiger partial charge in [-0.2, -0.15) is 0 Å². The molecule has 144 valence electrons. The molecular formula is C23H25N3O2. The van der Waals surface area contributed by atoms with Gasteiger partial charge in [-0.15, -0.1) is 0 Å². The lowest BCUT2D eigenvalue weighted by Gasteiger charge is -2.27. The van der Waals surface area contributed by atoms with Gasteiger partial charge in [-0.05, 0) is 43.5 Å². The second-order valence-corrected chi connectivity index (χ2v) is 6.71. The van der Waals surface area contributed by atoms with Gasteiger partial charge in [0, 0.05) is 30.2 Å². The Morgan fingerprint density at radius 2 is 1.64 bits per heavy atom. The van der Waals surface area contributed by atoms with E-state index >= 15 is 0 Å². The molecule has 3 aromatic carbocycles. The molecule has 0 saturated carbocycles. The number of fused-ring (bicyclic) bond motifs is 1. The van der Waals surface area contributed by atoms with Crippen LogP contribution in [0, 0.1) is 0 Å². The number of nitrogens with one attached hydrogen (secondary N) is 2. The average Bonchev–Trinajstić information content (AvgIpc) is 2.68. The largest absolute Gasteiger partial charge is 0.374 e. The number of carbonyl (C=O) groups is 2. The van der Waals surface area contributed by atoms with Crippen LogP contribution >= 0.6 is 0 Å². The van der Waals surface area contributed by atoms with Crippen molar-refractivity contribution in [3.8, 4) is 0 Å². The maximum Gasteiger partial charge on any atom is 0.249 e. The van der Waals surface area contributed by atoms with Crippen molar-refractivity contribution in [1.82, 2.24) is 0 Å². The molecule has 5 heteroatoms. The SMILES string of the molecule is CCN(C(=O)[C@@H](C)Nc1cccc(NC(C)=O)c1)c1cccc2ccccc12. The van der Waals surface area contributed by atoms with E-state index in [2.05, 4.69) is 10.6 Å². The Bertz CT molecular complexity index is 995. The quantitative estimate of drug-likeness (QED) is 0.659. The van der Waals surface area contributed by atoms with Crippen LogP contribution < -0.4 is 15.5 Å². The Hall–Kier alpha value is -3.34. The molecule has 0 aliphatic carbocycles. The first-order valence-electron chi connectivity index (χ1n) is 9.43. The number of carbonyl (C=O) groups excluding carboxylic acids is 2. The Labute approximate surface area is 165 Å². The third-order valence-corrected chi connectivity index (χ3v) is 4.58. The summed E-state index contributed by atoms with van der Waals surface area (Å²) in [5, 5.41) is 8.16. The molecule has 3 aromatic rings. The van der Waals surface area contributed by atoms with E-state index in [1.807, 2.05) is 80.6 Å². The number of anilines is 3. The van der Waals surface area contributed by atoms with Crippen molar-refractivity contribution in [3.63, 3.8) is 0 Å². The molecule has 0 bridgehead atoms. The molecular weight excluding hydrogens is 350 g/mol. The van der Waals surface area contributed by atoms with Gasteiger partial charge in [-0.25, -0.2) is 0 Å². The highest BCUT2D eigenvalue weighted by Crippen LogP contribution is 2.27. The fourth-order valence-corrected chi connectivity index (χ4v) is 3.32. The highest BCUT2D eigenvalue weighted by molar-refractivity contribution is 6.06. The Balaban J connectivity index is 1.82. The van der Waals surface area contributed by atoms with E-state index in [1.165, 1.54) is 6.92 Å². The van der Waals surface area contributed by atoms with E-state index in [-0.39, 0.29) is 11.8 Å². The molecule has 3 rings (SSSR count). The number of hydrogen-bond acceptors (Lipinski definition) is 3. The molecule has 0 heterocycles. The lowest BCUT2D eigenvalue weighted by Crippen LogP contribution is -2.41. The fourth-order valence-electron chi connectivity index (χ4n) is 3.32. The van der Waals surface area contributed by atoms with Crippen LogP contribution in [0.25, 0.3) is 10.8 Å². The minimum Gasteiger partial charge on any atom is -0.374 e. The molecule has 0 unspecified atom stereocenters. The zero-order valence-electron chi connectivity index (χ0n) is 16.4. The molecule has 0 radical (unpaired) electrons. The second kappa shape index (κ2) is 8.57. The average molecular weight is 375 g/mol. The predicted octanol–water partition coefficient (Wildman–Crippen LogP) is 4.65. The first kappa shape index (κ1) is 19.4. The maximum atomic E-state index is 13.2. The first-order chi connectivity index (χ1) is 13.5. The first-order valence-corrected chi connectivity index (χ1v) is 9.43. The zero-order chi connectivity index (χ0) is 20.1. The van der Waals surface area contributed by atoms with E-state index in [0.29, 0.717) is 12.2 Å². The van der Waals surface area contributed by atoms with E-state index in [0.717, 1.165) is 22.1 Å². The molecule has 28 heavy (non-hydrogen) atoms. The number of benzene rings is 3. The smallest absolute Gasteiger partial charge is 0.249 e. The molecule has 0 aromatic heterocycles. The van der Waals surface area contributed by atoms with Gasteiger partial charge >= 0.3 is 0 Å². The Morgan fingerprint density at radius 3 is 2.39 bits per heavy atom. The van der Waals surface area contributed by atoms with Gasteiger partial charge in [0.1, 0.15) is 6.04 Å². The lowest BCUT2D eigenvalue weighted by atomic mass is 10.1. The van der Waals surface area contributed by atoms with Gasteiger partial charge < -0.3 is 15.5 Å². The van der Waals surface area contributed by atoms with Gasteiger partial charge in [-0.3, -0.25) is 9.59 Å². The number of likely N-dealkylation sites (N-methyl/N-ethyl adjacent to an activating group) is 1. The summed E-state index contributed by atoms with van der Waals surface area (Å²) in [5.74, 6) is -0.141. The highest BCUT2D eigenvalue weighted by atomic mass is 16.2. The highest BCUT2D eigenvalue weighted by Gasteiger charge is 2.22. The van der Waals surface area contributed by atoms with Crippen molar-refractivity contribution in [2.45, 2.75) is 26.8 Å². The third kappa shape index (κ3) is 4.31. The van der Waals surface area contributed by atoms with Crippen molar-refractivity contribution in [1.29, 1.82) is 0 Å². The molecule has 0 aliphatic heterocycles. The van der Waals surface area contributed by atoms with Crippen molar-refractivity contribution in [2.24, 2.45) is 0 Å². The van der Waals surface area contributed by atoms with Crippen LogP contribution in [-0.2, 0) is 9.59 Å². The standard InChI is InChI=1S/C23H25N3O2/c1-4-26(22-14-7-10-18-9-5-6-13-21(18)22)23(28)16(2)24-19-11-8-12-20(15-19)25-17(3)27/h5-16,24H,4H2,1-3H3,(H,25,27)/t16-/m1/s1.